The number of ether oxygens (including phenoxy) is 1. The van der Waals surface area contributed by atoms with Gasteiger partial charge < -0.3 is 9.64 Å². The van der Waals surface area contributed by atoms with Crippen LogP contribution < -0.4 is 4.90 Å². The third kappa shape index (κ3) is 3.87. The number of benzene rings is 3. The molecule has 0 spiro atoms. The SMILES string of the molecule is Cc1ccc(S(=O)(=O)N2CCO[C@@H](CN3Cc4ccccc4-c4ccccc43)C2)cc1. The van der Waals surface area contributed by atoms with E-state index in [1.54, 1.807) is 16.4 Å². The molecular formula is C25H26N2O3S. The van der Waals surface area contributed by atoms with E-state index in [0.717, 1.165) is 12.1 Å². The van der Waals surface area contributed by atoms with Crippen molar-refractivity contribution in [2.45, 2.75) is 24.5 Å². The first kappa shape index (κ1) is 20.2. The summed E-state index contributed by atoms with van der Waals surface area (Å²) in [5, 5.41) is 0. The Labute approximate surface area is 183 Å². The maximum atomic E-state index is 13.2. The minimum atomic E-state index is -3.53. The highest BCUT2D eigenvalue weighted by atomic mass is 32.2. The Bertz CT molecular complexity index is 1190. The van der Waals surface area contributed by atoms with E-state index in [0.29, 0.717) is 31.1 Å². The van der Waals surface area contributed by atoms with E-state index in [4.69, 9.17) is 4.74 Å². The minimum absolute atomic E-state index is 0.188. The van der Waals surface area contributed by atoms with Crippen LogP contribution in [0.4, 0.5) is 5.69 Å². The Morgan fingerprint density at radius 3 is 2.45 bits per heavy atom. The first-order chi connectivity index (χ1) is 15.0. The summed E-state index contributed by atoms with van der Waals surface area (Å²) < 4.78 is 33.9. The van der Waals surface area contributed by atoms with E-state index >= 15 is 0 Å². The lowest BCUT2D eigenvalue weighted by Gasteiger charge is -2.38. The molecular weight excluding hydrogens is 408 g/mol. The molecule has 3 aromatic carbocycles. The van der Waals surface area contributed by atoms with Crippen LogP contribution in [-0.4, -0.2) is 45.1 Å². The van der Waals surface area contributed by atoms with Gasteiger partial charge in [-0.1, -0.05) is 60.2 Å². The third-order valence-corrected chi connectivity index (χ3v) is 7.98. The highest BCUT2D eigenvalue weighted by Gasteiger charge is 2.33. The quantitative estimate of drug-likeness (QED) is 0.621. The number of aryl methyl sites for hydroxylation is 1. The lowest BCUT2D eigenvalue weighted by Crippen LogP contribution is -2.49. The summed E-state index contributed by atoms with van der Waals surface area (Å²) in [6, 6.07) is 23.9. The second kappa shape index (κ2) is 8.11. The first-order valence-corrected chi connectivity index (χ1v) is 12.1. The molecule has 0 bridgehead atoms. The zero-order chi connectivity index (χ0) is 21.4. The molecule has 0 saturated carbocycles. The van der Waals surface area contributed by atoms with E-state index in [1.165, 1.54) is 22.4 Å². The van der Waals surface area contributed by atoms with Crippen LogP contribution >= 0.6 is 0 Å². The molecule has 1 atom stereocenters. The average molecular weight is 435 g/mol. The molecule has 0 aromatic heterocycles. The molecule has 5 nitrogen and oxygen atoms in total. The molecule has 0 radical (unpaired) electrons. The van der Waals surface area contributed by atoms with Crippen LogP contribution in [0, 0.1) is 6.92 Å². The summed E-state index contributed by atoms with van der Waals surface area (Å²) in [5.74, 6) is 0. The lowest BCUT2D eigenvalue weighted by atomic mass is 9.93. The van der Waals surface area contributed by atoms with Gasteiger partial charge in [-0.2, -0.15) is 4.31 Å². The fraction of sp³-hybridized carbons (Fsp3) is 0.280. The van der Waals surface area contributed by atoms with E-state index in [2.05, 4.69) is 53.4 Å². The highest BCUT2D eigenvalue weighted by Crippen LogP contribution is 2.39. The van der Waals surface area contributed by atoms with Gasteiger partial charge in [0.25, 0.3) is 0 Å². The van der Waals surface area contributed by atoms with Crippen LogP contribution in [0.15, 0.2) is 77.7 Å². The van der Waals surface area contributed by atoms with Crippen LogP contribution in [0.3, 0.4) is 0 Å². The molecule has 2 heterocycles. The number of para-hydroxylation sites is 1. The monoisotopic (exact) mass is 434 g/mol. The number of morpholine rings is 1. The second-order valence-electron chi connectivity index (χ2n) is 8.22. The second-order valence-corrected chi connectivity index (χ2v) is 10.2. The molecule has 2 aliphatic rings. The Kier molecular flexibility index (Phi) is 5.30. The predicted octanol–water partition coefficient (Wildman–Crippen LogP) is 4.07. The van der Waals surface area contributed by atoms with Crippen molar-refractivity contribution in [3.8, 4) is 11.1 Å². The van der Waals surface area contributed by atoms with Crippen LogP contribution in [0.1, 0.15) is 11.1 Å². The number of nitrogens with zero attached hydrogens (tertiary/aromatic N) is 2. The van der Waals surface area contributed by atoms with Gasteiger partial charge in [0.05, 0.1) is 17.6 Å². The molecule has 1 fully saturated rings. The number of anilines is 1. The number of rotatable bonds is 4. The summed E-state index contributed by atoms with van der Waals surface area (Å²) in [7, 11) is -3.53. The number of fused-ring (bicyclic) bond motifs is 3. The Morgan fingerprint density at radius 2 is 1.65 bits per heavy atom. The summed E-state index contributed by atoms with van der Waals surface area (Å²) in [6.07, 6.45) is -0.188. The highest BCUT2D eigenvalue weighted by molar-refractivity contribution is 7.89. The molecule has 0 N–H and O–H groups in total. The first-order valence-electron chi connectivity index (χ1n) is 10.6. The van der Waals surface area contributed by atoms with Gasteiger partial charge in [-0.15, -0.1) is 0 Å². The van der Waals surface area contributed by atoms with E-state index in [1.807, 2.05) is 19.1 Å². The summed E-state index contributed by atoms with van der Waals surface area (Å²) in [4.78, 5) is 2.65. The van der Waals surface area contributed by atoms with Crippen LogP contribution in [-0.2, 0) is 21.3 Å². The molecule has 31 heavy (non-hydrogen) atoms. The fourth-order valence-corrected chi connectivity index (χ4v) is 5.93. The van der Waals surface area contributed by atoms with Crippen molar-refractivity contribution < 1.29 is 13.2 Å². The minimum Gasteiger partial charge on any atom is -0.374 e. The van der Waals surface area contributed by atoms with Gasteiger partial charge in [-0.05, 0) is 36.2 Å². The van der Waals surface area contributed by atoms with Crippen LogP contribution in [0.5, 0.6) is 0 Å². The Hall–Kier alpha value is -2.67. The van der Waals surface area contributed by atoms with Crippen molar-refractivity contribution in [2.24, 2.45) is 0 Å². The molecule has 1 saturated heterocycles. The standard InChI is InChI=1S/C25H26N2O3S/c1-19-10-12-22(13-11-19)31(28,29)27-14-15-30-21(18-27)17-26-16-20-6-2-3-7-23(20)24-8-4-5-9-25(24)26/h2-13,21H,14-18H2,1H3/t21-/m0/s1. The van der Waals surface area contributed by atoms with Gasteiger partial charge >= 0.3 is 0 Å². The van der Waals surface area contributed by atoms with Crippen molar-refractivity contribution >= 4 is 15.7 Å². The van der Waals surface area contributed by atoms with Gasteiger partial charge in [0, 0.05) is 37.4 Å². The van der Waals surface area contributed by atoms with Crippen molar-refractivity contribution in [3.63, 3.8) is 0 Å². The summed E-state index contributed by atoms with van der Waals surface area (Å²) in [5.41, 5.74) is 5.97. The maximum absolute atomic E-state index is 13.2. The number of hydrogen-bond donors (Lipinski definition) is 0. The molecule has 5 rings (SSSR count). The van der Waals surface area contributed by atoms with Gasteiger partial charge in [-0.3, -0.25) is 0 Å². The maximum Gasteiger partial charge on any atom is 0.243 e. The van der Waals surface area contributed by atoms with Crippen LogP contribution in [0.25, 0.3) is 11.1 Å². The van der Waals surface area contributed by atoms with Crippen molar-refractivity contribution in [3.05, 3.63) is 83.9 Å². The summed E-state index contributed by atoms with van der Waals surface area (Å²) in [6.45, 7) is 4.53. The van der Waals surface area contributed by atoms with E-state index in [9.17, 15) is 8.42 Å². The van der Waals surface area contributed by atoms with Crippen molar-refractivity contribution in [1.29, 1.82) is 0 Å². The fourth-order valence-electron chi connectivity index (χ4n) is 4.48. The third-order valence-electron chi connectivity index (χ3n) is 6.10. The Morgan fingerprint density at radius 1 is 0.935 bits per heavy atom. The van der Waals surface area contributed by atoms with E-state index in [-0.39, 0.29) is 6.10 Å². The van der Waals surface area contributed by atoms with Gasteiger partial charge in [-0.25, -0.2) is 8.42 Å². The summed E-state index contributed by atoms with van der Waals surface area (Å²) >= 11 is 0. The molecule has 2 aliphatic heterocycles. The zero-order valence-electron chi connectivity index (χ0n) is 17.6. The molecule has 160 valence electrons. The van der Waals surface area contributed by atoms with Crippen molar-refractivity contribution in [2.75, 3.05) is 31.1 Å². The Balaban J connectivity index is 1.37. The van der Waals surface area contributed by atoms with Crippen LogP contribution in [0.2, 0.25) is 0 Å². The number of hydrogen-bond acceptors (Lipinski definition) is 4. The average Bonchev–Trinajstić information content (AvgIpc) is 2.80. The topological polar surface area (TPSA) is 49.9 Å². The molecule has 0 aliphatic carbocycles. The normalized spacial score (nSPS) is 19.0. The van der Waals surface area contributed by atoms with Gasteiger partial charge in [0.15, 0.2) is 0 Å². The predicted molar refractivity (Wildman–Crippen MR) is 123 cm³/mol. The lowest BCUT2D eigenvalue weighted by molar-refractivity contribution is 0.00327. The molecule has 3 aromatic rings. The molecule has 6 heteroatoms. The zero-order valence-corrected chi connectivity index (χ0v) is 18.4. The largest absolute Gasteiger partial charge is 0.374 e. The smallest absolute Gasteiger partial charge is 0.243 e. The number of sulfonamides is 1. The van der Waals surface area contributed by atoms with Gasteiger partial charge in [0.2, 0.25) is 10.0 Å². The van der Waals surface area contributed by atoms with Gasteiger partial charge in [0.1, 0.15) is 0 Å². The van der Waals surface area contributed by atoms with Crippen molar-refractivity contribution in [1.82, 2.24) is 4.31 Å². The molecule has 0 unspecified atom stereocenters. The molecule has 0 amide bonds. The van der Waals surface area contributed by atoms with E-state index < -0.39 is 10.0 Å².